The Balaban J connectivity index is 1.57. The normalized spacial score (nSPS) is 16.5. The molecule has 1 aliphatic rings. The third-order valence-electron chi connectivity index (χ3n) is 6.97. The van der Waals surface area contributed by atoms with Crippen LogP contribution in [0.25, 0.3) is 27.3 Å². The summed E-state index contributed by atoms with van der Waals surface area (Å²) in [5, 5.41) is 20.8. The lowest BCUT2D eigenvalue weighted by Gasteiger charge is -2.26. The largest absolute Gasteiger partial charge is 0.497 e. The minimum Gasteiger partial charge on any atom is -0.497 e. The lowest BCUT2D eigenvalue weighted by atomic mass is 9.99. The van der Waals surface area contributed by atoms with Gasteiger partial charge < -0.3 is 15.3 Å². The van der Waals surface area contributed by atoms with Crippen LogP contribution in [0.4, 0.5) is 13.2 Å². The number of hydrogen-bond acceptors (Lipinski definition) is 7. The van der Waals surface area contributed by atoms with Crippen LogP contribution in [0, 0.1) is 5.92 Å². The molecule has 1 unspecified atom stereocenters. The smallest absolute Gasteiger partial charge is 0.416 e. The van der Waals surface area contributed by atoms with Crippen molar-refractivity contribution in [3.63, 3.8) is 0 Å². The second kappa shape index (κ2) is 11.2. The van der Waals surface area contributed by atoms with Gasteiger partial charge in [0.05, 0.1) is 36.1 Å². The van der Waals surface area contributed by atoms with Crippen LogP contribution in [0.3, 0.4) is 0 Å². The Morgan fingerprint density at radius 1 is 1.23 bits per heavy atom. The molecule has 0 spiro atoms. The number of nitrogens with zero attached hydrogens (tertiary/aromatic N) is 4. The van der Waals surface area contributed by atoms with Gasteiger partial charge in [0.2, 0.25) is 5.13 Å². The van der Waals surface area contributed by atoms with E-state index in [0.717, 1.165) is 59.3 Å². The van der Waals surface area contributed by atoms with E-state index >= 15 is 0 Å². The molecule has 5 rings (SSSR count). The summed E-state index contributed by atoms with van der Waals surface area (Å²) in [5.74, 6) is 1.13. The third-order valence-corrected chi connectivity index (χ3v) is 8.31. The first-order chi connectivity index (χ1) is 18.6. The Kier molecular flexibility index (Phi) is 7.95. The van der Waals surface area contributed by atoms with E-state index < -0.39 is 11.7 Å². The molecule has 0 amide bonds. The molecule has 39 heavy (non-hydrogen) atoms. The van der Waals surface area contributed by atoms with Crippen LogP contribution < -0.4 is 10.1 Å². The van der Waals surface area contributed by atoms with Gasteiger partial charge in [-0.2, -0.15) is 23.3 Å². The summed E-state index contributed by atoms with van der Waals surface area (Å²) >= 11 is 1.46. The molecule has 1 fully saturated rings. The third kappa shape index (κ3) is 5.96. The average Bonchev–Trinajstić information content (AvgIpc) is 3.51. The van der Waals surface area contributed by atoms with Crippen molar-refractivity contribution in [3.05, 3.63) is 58.6 Å². The van der Waals surface area contributed by atoms with Crippen LogP contribution >= 0.6 is 11.3 Å². The molecule has 0 radical (unpaired) electrons. The Morgan fingerprint density at radius 3 is 2.74 bits per heavy atom. The van der Waals surface area contributed by atoms with Crippen LogP contribution in [0.2, 0.25) is 0 Å². The van der Waals surface area contributed by atoms with E-state index in [1.807, 2.05) is 24.3 Å². The zero-order valence-electron chi connectivity index (χ0n) is 22.1. The number of piperidine rings is 1. The molecule has 2 N–H and O–H groups in total. The standard InChI is InChI=1S/C28H32F3N5O2S/c1-17(2)26-25(19-7-4-8-21(12-19)38-3)33-27(39-26)36-24-10-9-20(28(29,30)31)13-22(24)23(34-36)16-35(37)15-18-6-5-11-32-14-18/h4,7-10,12-13,17-18,32,37H,5-6,11,14-16H2,1-3H3. The first kappa shape index (κ1) is 27.6. The lowest BCUT2D eigenvalue weighted by Crippen LogP contribution is -2.36. The number of halogens is 3. The van der Waals surface area contributed by atoms with Crippen LogP contribution in [0.15, 0.2) is 42.5 Å². The fourth-order valence-corrected chi connectivity index (χ4v) is 6.07. The van der Waals surface area contributed by atoms with Crippen molar-refractivity contribution in [2.45, 2.75) is 45.3 Å². The van der Waals surface area contributed by atoms with Crippen molar-refractivity contribution in [1.29, 1.82) is 0 Å². The number of benzene rings is 2. The Labute approximate surface area is 229 Å². The lowest BCUT2D eigenvalue weighted by molar-refractivity contribution is -0.137. The molecule has 0 bridgehead atoms. The molecule has 1 atom stereocenters. The highest BCUT2D eigenvalue weighted by Gasteiger charge is 2.32. The minimum atomic E-state index is -4.49. The van der Waals surface area contributed by atoms with Crippen molar-refractivity contribution in [2.75, 3.05) is 26.7 Å². The van der Waals surface area contributed by atoms with Crippen molar-refractivity contribution in [2.24, 2.45) is 5.92 Å². The fraction of sp³-hybridized carbons (Fsp3) is 0.429. The van der Waals surface area contributed by atoms with Crippen molar-refractivity contribution < 1.29 is 23.1 Å². The van der Waals surface area contributed by atoms with E-state index in [1.54, 1.807) is 11.8 Å². The number of methoxy groups -OCH3 is 1. The molecule has 0 saturated carbocycles. The number of fused-ring (bicyclic) bond motifs is 1. The van der Waals surface area contributed by atoms with Crippen molar-refractivity contribution in [1.82, 2.24) is 25.1 Å². The fourth-order valence-electron chi connectivity index (χ4n) is 5.01. The number of nitrogens with one attached hydrogen (secondary N) is 1. The number of aromatic nitrogens is 3. The zero-order chi connectivity index (χ0) is 27.7. The van der Waals surface area contributed by atoms with E-state index in [9.17, 15) is 18.4 Å². The Morgan fingerprint density at radius 2 is 2.05 bits per heavy atom. The van der Waals surface area contributed by atoms with Gasteiger partial charge in [0.1, 0.15) is 5.75 Å². The quantitative estimate of drug-likeness (QED) is 0.240. The molecule has 1 saturated heterocycles. The van der Waals surface area contributed by atoms with Gasteiger partial charge in [-0.25, -0.2) is 9.67 Å². The minimum absolute atomic E-state index is 0.00641. The van der Waals surface area contributed by atoms with Crippen LogP contribution in [0.1, 0.15) is 48.7 Å². The van der Waals surface area contributed by atoms with Gasteiger partial charge in [-0.3, -0.25) is 0 Å². The SMILES string of the molecule is COc1cccc(-c2nc(-n3nc(CN(O)CC4CCCNC4)c4cc(C(F)(F)F)ccc43)sc2C(C)C)c1. The number of ether oxygens (including phenoxy) is 1. The Bertz CT molecular complexity index is 1440. The van der Waals surface area contributed by atoms with Gasteiger partial charge in [0.15, 0.2) is 0 Å². The molecule has 4 aromatic rings. The van der Waals surface area contributed by atoms with E-state index in [0.29, 0.717) is 34.0 Å². The maximum absolute atomic E-state index is 13.6. The summed E-state index contributed by atoms with van der Waals surface area (Å²) in [6.45, 7) is 6.33. The Hall–Kier alpha value is -2.99. The van der Waals surface area contributed by atoms with Gasteiger partial charge in [0, 0.05) is 22.4 Å². The first-order valence-electron chi connectivity index (χ1n) is 13.0. The van der Waals surface area contributed by atoms with Crippen molar-refractivity contribution in [3.8, 4) is 22.1 Å². The molecular formula is C28H32F3N5O2S. The second-order valence-corrected chi connectivity index (χ2v) is 11.3. The summed E-state index contributed by atoms with van der Waals surface area (Å²) in [5.41, 5.74) is 1.79. The van der Waals surface area contributed by atoms with Gasteiger partial charge >= 0.3 is 6.18 Å². The van der Waals surface area contributed by atoms with Gasteiger partial charge in [-0.05, 0) is 68.1 Å². The highest BCUT2D eigenvalue weighted by Crippen LogP contribution is 2.39. The number of thiazole rings is 1. The molecule has 1 aliphatic heterocycles. The molecule has 208 valence electrons. The predicted molar refractivity (Wildman–Crippen MR) is 146 cm³/mol. The summed E-state index contributed by atoms with van der Waals surface area (Å²) in [6, 6.07) is 11.2. The van der Waals surface area contributed by atoms with Crippen LogP contribution in [-0.2, 0) is 12.7 Å². The summed E-state index contributed by atoms with van der Waals surface area (Å²) in [4.78, 5) is 5.94. The highest BCUT2D eigenvalue weighted by atomic mass is 32.1. The number of hydrogen-bond donors (Lipinski definition) is 2. The number of alkyl halides is 3. The maximum atomic E-state index is 13.6. The molecule has 2 aromatic carbocycles. The van der Waals surface area contributed by atoms with Gasteiger partial charge in [-0.1, -0.05) is 37.3 Å². The summed E-state index contributed by atoms with van der Waals surface area (Å²) < 4.78 is 47.9. The second-order valence-electron chi connectivity index (χ2n) is 10.2. The van der Waals surface area contributed by atoms with Crippen molar-refractivity contribution >= 4 is 22.2 Å². The average molecular weight is 560 g/mol. The summed E-state index contributed by atoms with van der Waals surface area (Å²) in [7, 11) is 1.61. The first-order valence-corrected chi connectivity index (χ1v) is 13.8. The predicted octanol–water partition coefficient (Wildman–Crippen LogP) is 6.49. The molecule has 11 heteroatoms. The van der Waals surface area contributed by atoms with Crippen LogP contribution in [-0.4, -0.2) is 51.8 Å². The van der Waals surface area contributed by atoms with Crippen LogP contribution in [0.5, 0.6) is 5.75 Å². The summed E-state index contributed by atoms with van der Waals surface area (Å²) in [6.07, 6.45) is -2.48. The van der Waals surface area contributed by atoms with E-state index in [2.05, 4.69) is 19.2 Å². The van der Waals surface area contributed by atoms with Gasteiger partial charge in [-0.15, -0.1) is 0 Å². The number of hydroxylamine groups is 2. The monoisotopic (exact) mass is 559 g/mol. The van der Waals surface area contributed by atoms with Gasteiger partial charge in [0.25, 0.3) is 0 Å². The number of rotatable bonds is 8. The van der Waals surface area contributed by atoms with E-state index in [1.165, 1.54) is 17.4 Å². The van der Waals surface area contributed by atoms with E-state index in [4.69, 9.17) is 14.8 Å². The van der Waals surface area contributed by atoms with E-state index in [-0.39, 0.29) is 18.4 Å². The maximum Gasteiger partial charge on any atom is 0.416 e. The molecule has 0 aliphatic carbocycles. The molecule has 3 heterocycles. The molecular weight excluding hydrogens is 527 g/mol. The zero-order valence-corrected chi connectivity index (χ0v) is 22.9. The molecule has 2 aromatic heterocycles. The highest BCUT2D eigenvalue weighted by molar-refractivity contribution is 7.14. The molecule has 7 nitrogen and oxygen atoms in total. The topological polar surface area (TPSA) is 75.4 Å².